The van der Waals surface area contributed by atoms with Crippen molar-refractivity contribution in [2.75, 3.05) is 0 Å². The second-order valence-corrected chi connectivity index (χ2v) is 10.7. The second kappa shape index (κ2) is 10.6. The summed E-state index contributed by atoms with van der Waals surface area (Å²) < 4.78 is 16.7. The first-order valence-electron chi connectivity index (χ1n) is 12.8. The van der Waals surface area contributed by atoms with Crippen molar-refractivity contribution in [1.29, 1.82) is 0 Å². The Bertz CT molecular complexity index is 1060. The molecule has 0 spiro atoms. The molecular formula is C27H36O10. The Morgan fingerprint density at radius 1 is 1.11 bits per heavy atom. The van der Waals surface area contributed by atoms with Crippen LogP contribution in [0.2, 0.25) is 0 Å². The number of rotatable bonds is 7. The number of carbonyl (C=O) groups excluding carboxylic acids is 1. The molecule has 2 aliphatic heterocycles. The summed E-state index contributed by atoms with van der Waals surface area (Å²) in [6, 6.07) is 3.70. The van der Waals surface area contributed by atoms with E-state index >= 15 is 0 Å². The highest BCUT2D eigenvalue weighted by atomic mass is 16.7. The SMILES string of the molecule is CCCCCc1cc(O)c2c(c1)OC(C)(C)[C@@H]1CCC(C(=O)OC3OC(C(=O)O)C(O)C(O)C3O)=C[C@@H]21. The topological polar surface area (TPSA) is 163 Å². The predicted octanol–water partition coefficient (Wildman–Crippen LogP) is 2.15. The van der Waals surface area contributed by atoms with Crippen molar-refractivity contribution in [3.05, 3.63) is 34.9 Å². The lowest BCUT2D eigenvalue weighted by atomic mass is 9.67. The van der Waals surface area contributed by atoms with Crippen molar-refractivity contribution in [3.8, 4) is 11.5 Å². The van der Waals surface area contributed by atoms with Crippen LogP contribution in [0.25, 0.3) is 0 Å². The first-order valence-corrected chi connectivity index (χ1v) is 12.8. The minimum atomic E-state index is -1.88. The molecule has 204 valence electrons. The van der Waals surface area contributed by atoms with Gasteiger partial charge in [-0.25, -0.2) is 9.59 Å². The molecule has 3 aliphatic rings. The number of allylic oxidation sites excluding steroid dienone is 1. The zero-order valence-electron chi connectivity index (χ0n) is 21.3. The van der Waals surface area contributed by atoms with Crippen LogP contribution >= 0.6 is 0 Å². The molecule has 7 atom stereocenters. The summed E-state index contributed by atoms with van der Waals surface area (Å²) in [4.78, 5) is 24.4. The molecule has 0 amide bonds. The van der Waals surface area contributed by atoms with Crippen molar-refractivity contribution < 1.29 is 49.3 Å². The number of ether oxygens (including phenoxy) is 3. The Balaban J connectivity index is 1.59. The average Bonchev–Trinajstić information content (AvgIpc) is 2.83. The fraction of sp³-hybridized carbons (Fsp3) is 0.630. The summed E-state index contributed by atoms with van der Waals surface area (Å²) in [7, 11) is 0. The number of phenolic OH excluding ortho intramolecular Hbond substituents is 1. The molecule has 1 aromatic rings. The number of hydrogen-bond acceptors (Lipinski definition) is 9. The highest BCUT2D eigenvalue weighted by molar-refractivity contribution is 5.89. The molecule has 2 heterocycles. The standard InChI is InChI=1S/C27H36O10/c1-4-5-6-7-13-10-17(28)19-15-12-14(8-9-16(15)27(2,3)37-18(19)11-13)25(34)36-26-22(31)20(29)21(30)23(35-26)24(32)33/h10-12,15-16,20-23,26,28-31H,4-9H2,1-3H3,(H,32,33)/t15-,16-,20?,21?,22?,23?,26?/m1/s1. The van der Waals surface area contributed by atoms with Gasteiger partial charge in [-0.1, -0.05) is 25.8 Å². The third-order valence-corrected chi connectivity index (χ3v) is 7.69. The second-order valence-electron chi connectivity index (χ2n) is 10.7. The number of hydrogen-bond donors (Lipinski definition) is 5. The summed E-state index contributed by atoms with van der Waals surface area (Å²) in [6.07, 6.45) is -2.61. The van der Waals surface area contributed by atoms with Gasteiger partial charge >= 0.3 is 11.9 Å². The molecule has 1 aliphatic carbocycles. The Morgan fingerprint density at radius 2 is 1.84 bits per heavy atom. The molecule has 5 unspecified atom stereocenters. The van der Waals surface area contributed by atoms with E-state index in [1.807, 2.05) is 19.9 Å². The van der Waals surface area contributed by atoms with Crippen LogP contribution in [0, 0.1) is 5.92 Å². The summed E-state index contributed by atoms with van der Waals surface area (Å²) in [5.74, 6) is -2.08. The lowest BCUT2D eigenvalue weighted by Crippen LogP contribution is -2.60. The Kier molecular flexibility index (Phi) is 7.85. The number of aliphatic hydroxyl groups is 3. The quantitative estimate of drug-likeness (QED) is 0.266. The highest BCUT2D eigenvalue weighted by Gasteiger charge is 2.50. The van der Waals surface area contributed by atoms with Crippen molar-refractivity contribution in [3.63, 3.8) is 0 Å². The van der Waals surface area contributed by atoms with Gasteiger partial charge in [0.05, 0.1) is 0 Å². The van der Waals surface area contributed by atoms with Crippen molar-refractivity contribution in [2.24, 2.45) is 5.92 Å². The van der Waals surface area contributed by atoms with Gasteiger partial charge in [-0.3, -0.25) is 0 Å². The van der Waals surface area contributed by atoms with E-state index in [2.05, 4.69) is 6.92 Å². The van der Waals surface area contributed by atoms with Crippen LogP contribution in [0.5, 0.6) is 11.5 Å². The monoisotopic (exact) mass is 520 g/mol. The van der Waals surface area contributed by atoms with Crippen molar-refractivity contribution in [1.82, 2.24) is 0 Å². The predicted molar refractivity (Wildman–Crippen MR) is 130 cm³/mol. The number of aromatic hydroxyl groups is 1. The number of phenols is 1. The number of carbonyl (C=O) groups is 2. The van der Waals surface area contributed by atoms with Gasteiger partial charge in [0.1, 0.15) is 35.4 Å². The molecule has 0 bridgehead atoms. The molecule has 5 N–H and O–H groups in total. The van der Waals surface area contributed by atoms with Crippen molar-refractivity contribution >= 4 is 11.9 Å². The van der Waals surface area contributed by atoms with E-state index in [1.165, 1.54) is 0 Å². The van der Waals surface area contributed by atoms with E-state index in [0.29, 0.717) is 24.2 Å². The number of aliphatic hydroxyl groups excluding tert-OH is 3. The van der Waals surface area contributed by atoms with Gasteiger partial charge in [-0.2, -0.15) is 0 Å². The number of aliphatic carboxylic acids is 1. The van der Waals surface area contributed by atoms with Crippen LogP contribution in [0.1, 0.15) is 69.9 Å². The summed E-state index contributed by atoms with van der Waals surface area (Å²) in [5, 5.41) is 50.3. The molecule has 1 aromatic carbocycles. The maximum absolute atomic E-state index is 13.0. The van der Waals surface area contributed by atoms with Crippen LogP contribution < -0.4 is 4.74 Å². The molecule has 1 saturated heterocycles. The first-order chi connectivity index (χ1) is 17.4. The Morgan fingerprint density at radius 3 is 2.51 bits per heavy atom. The molecule has 37 heavy (non-hydrogen) atoms. The van der Waals surface area contributed by atoms with Crippen LogP contribution in [0.3, 0.4) is 0 Å². The van der Waals surface area contributed by atoms with E-state index in [9.17, 15) is 35.1 Å². The fourth-order valence-electron chi connectivity index (χ4n) is 5.64. The smallest absolute Gasteiger partial charge is 0.336 e. The van der Waals surface area contributed by atoms with Gasteiger partial charge in [0.15, 0.2) is 6.10 Å². The van der Waals surface area contributed by atoms with Crippen LogP contribution in [0.4, 0.5) is 0 Å². The Hall–Kier alpha value is -2.66. The number of fused-ring (bicyclic) bond motifs is 3. The number of unbranched alkanes of at least 4 members (excludes halogenated alkanes) is 2. The number of aryl methyl sites for hydroxylation is 1. The minimum absolute atomic E-state index is 0.0294. The lowest BCUT2D eigenvalue weighted by molar-refractivity contribution is -0.285. The van der Waals surface area contributed by atoms with E-state index in [0.717, 1.165) is 31.2 Å². The maximum atomic E-state index is 13.0. The largest absolute Gasteiger partial charge is 0.507 e. The lowest BCUT2D eigenvalue weighted by Gasteiger charge is -2.46. The number of esters is 1. The molecule has 0 aromatic heterocycles. The molecule has 10 heteroatoms. The Labute approximate surface area is 215 Å². The molecule has 10 nitrogen and oxygen atoms in total. The van der Waals surface area contributed by atoms with E-state index in [4.69, 9.17) is 14.2 Å². The zero-order chi connectivity index (χ0) is 27.1. The zero-order valence-corrected chi connectivity index (χ0v) is 21.3. The fourth-order valence-corrected chi connectivity index (χ4v) is 5.64. The van der Waals surface area contributed by atoms with Gasteiger partial charge in [0.25, 0.3) is 0 Å². The van der Waals surface area contributed by atoms with Crippen LogP contribution in [-0.2, 0) is 25.5 Å². The van der Waals surface area contributed by atoms with E-state index < -0.39 is 48.2 Å². The van der Waals surface area contributed by atoms with Crippen LogP contribution in [0.15, 0.2) is 23.8 Å². The van der Waals surface area contributed by atoms with E-state index in [-0.39, 0.29) is 23.2 Å². The van der Waals surface area contributed by atoms with Gasteiger partial charge < -0.3 is 39.7 Å². The molecular weight excluding hydrogens is 484 g/mol. The third kappa shape index (κ3) is 5.34. The van der Waals surface area contributed by atoms with E-state index in [1.54, 1.807) is 12.1 Å². The first kappa shape index (κ1) is 27.4. The van der Waals surface area contributed by atoms with Crippen LogP contribution in [-0.4, -0.2) is 73.8 Å². The molecule has 4 rings (SSSR count). The summed E-state index contributed by atoms with van der Waals surface area (Å²) >= 11 is 0. The normalized spacial score (nSPS) is 32.4. The average molecular weight is 521 g/mol. The van der Waals surface area contributed by atoms with Crippen molar-refractivity contribution in [2.45, 2.75) is 102 Å². The number of benzene rings is 1. The molecule has 1 fully saturated rings. The summed E-state index contributed by atoms with van der Waals surface area (Å²) in [5.41, 5.74) is 1.30. The molecule has 0 saturated carbocycles. The number of carboxylic acids is 1. The van der Waals surface area contributed by atoms with Gasteiger partial charge in [0, 0.05) is 23.0 Å². The van der Waals surface area contributed by atoms with Gasteiger partial charge in [0.2, 0.25) is 6.29 Å². The highest BCUT2D eigenvalue weighted by Crippen LogP contribution is 2.53. The summed E-state index contributed by atoms with van der Waals surface area (Å²) in [6.45, 7) is 6.10. The maximum Gasteiger partial charge on any atom is 0.336 e. The number of carboxylic acid groups (broad SMARTS) is 1. The third-order valence-electron chi connectivity index (χ3n) is 7.69. The molecule has 0 radical (unpaired) electrons. The van der Waals surface area contributed by atoms with Gasteiger partial charge in [-0.15, -0.1) is 0 Å². The minimum Gasteiger partial charge on any atom is -0.507 e. The van der Waals surface area contributed by atoms with Gasteiger partial charge in [-0.05, 0) is 57.2 Å².